The molecule has 0 saturated carbocycles. The van der Waals surface area contributed by atoms with Crippen LogP contribution in [0, 0.1) is 0 Å². The lowest BCUT2D eigenvalue weighted by atomic mass is 10.1. The molecule has 78 valence electrons. The third-order valence-electron chi connectivity index (χ3n) is 1.77. The second-order valence-electron chi connectivity index (χ2n) is 2.97. The Labute approximate surface area is 91.5 Å². The summed E-state index contributed by atoms with van der Waals surface area (Å²) in [6, 6.07) is 7.52. The first-order valence-electron chi connectivity index (χ1n) is 4.14. The standard InChI is InChI=1S/C9H10BrFO2S/c10-9-5-3-8(4-6-9)2-1-7-14(11,12)13/h3-6H,1-2,7H2. The molecule has 1 aromatic carbocycles. The Bertz CT molecular complexity index is 386. The highest BCUT2D eigenvalue weighted by Crippen LogP contribution is 2.12. The van der Waals surface area contributed by atoms with Crippen LogP contribution in [0.5, 0.6) is 0 Å². The van der Waals surface area contributed by atoms with Gasteiger partial charge in [-0.25, -0.2) is 0 Å². The Hall–Kier alpha value is -0.420. The highest BCUT2D eigenvalue weighted by atomic mass is 79.9. The van der Waals surface area contributed by atoms with E-state index in [1.807, 2.05) is 24.3 Å². The fourth-order valence-electron chi connectivity index (χ4n) is 1.10. The first kappa shape index (κ1) is 11.7. The van der Waals surface area contributed by atoms with E-state index >= 15 is 0 Å². The lowest BCUT2D eigenvalue weighted by molar-refractivity contribution is 0.549. The smallest absolute Gasteiger partial charge is 0.195 e. The van der Waals surface area contributed by atoms with E-state index in [1.54, 1.807) is 0 Å². The summed E-state index contributed by atoms with van der Waals surface area (Å²) in [4.78, 5) is 0. The van der Waals surface area contributed by atoms with Crippen LogP contribution in [0.2, 0.25) is 0 Å². The fraction of sp³-hybridized carbons (Fsp3) is 0.333. The summed E-state index contributed by atoms with van der Waals surface area (Å²) < 4.78 is 33.5. The van der Waals surface area contributed by atoms with Crippen LogP contribution in [0.3, 0.4) is 0 Å². The zero-order valence-corrected chi connectivity index (χ0v) is 9.81. The van der Waals surface area contributed by atoms with Crippen LogP contribution >= 0.6 is 15.9 Å². The van der Waals surface area contributed by atoms with Gasteiger partial charge in [-0.1, -0.05) is 28.1 Å². The third-order valence-corrected chi connectivity index (χ3v) is 3.07. The molecule has 0 heterocycles. The van der Waals surface area contributed by atoms with Crippen molar-refractivity contribution in [2.24, 2.45) is 0 Å². The molecule has 0 aromatic heterocycles. The van der Waals surface area contributed by atoms with Gasteiger partial charge in [-0.05, 0) is 30.5 Å². The van der Waals surface area contributed by atoms with Crippen molar-refractivity contribution in [3.05, 3.63) is 34.3 Å². The topological polar surface area (TPSA) is 34.1 Å². The molecule has 0 unspecified atom stereocenters. The van der Waals surface area contributed by atoms with Gasteiger partial charge in [0.1, 0.15) is 0 Å². The minimum absolute atomic E-state index is 0.320. The Morgan fingerprint density at radius 2 is 1.79 bits per heavy atom. The number of aryl methyl sites for hydroxylation is 1. The van der Waals surface area contributed by atoms with Crippen LogP contribution in [-0.2, 0) is 16.6 Å². The highest BCUT2D eigenvalue weighted by Gasteiger charge is 2.05. The molecule has 0 spiro atoms. The number of rotatable bonds is 4. The molecule has 0 aliphatic carbocycles. The summed E-state index contributed by atoms with van der Waals surface area (Å²) in [5, 5.41) is 0. The fourth-order valence-corrected chi connectivity index (χ4v) is 1.85. The maximum absolute atomic E-state index is 12.1. The molecule has 0 amide bonds. The maximum Gasteiger partial charge on any atom is 0.302 e. The van der Waals surface area contributed by atoms with E-state index in [-0.39, 0.29) is 0 Å². The average Bonchev–Trinajstić information content (AvgIpc) is 2.06. The molecule has 1 aromatic rings. The van der Waals surface area contributed by atoms with Crippen LogP contribution in [0.4, 0.5) is 3.89 Å². The van der Waals surface area contributed by atoms with Crippen molar-refractivity contribution in [2.75, 3.05) is 5.75 Å². The Kier molecular flexibility index (Phi) is 4.07. The summed E-state index contributed by atoms with van der Waals surface area (Å²) in [6.45, 7) is 0. The van der Waals surface area contributed by atoms with E-state index in [1.165, 1.54) is 0 Å². The predicted molar refractivity (Wildman–Crippen MR) is 57.4 cm³/mol. The third kappa shape index (κ3) is 4.72. The maximum atomic E-state index is 12.1. The summed E-state index contributed by atoms with van der Waals surface area (Å²) in [5.74, 6) is -0.400. The molecule has 0 fully saturated rings. The van der Waals surface area contributed by atoms with Crippen molar-refractivity contribution in [3.63, 3.8) is 0 Å². The summed E-state index contributed by atoms with van der Waals surface area (Å²) >= 11 is 3.29. The molecule has 0 radical (unpaired) electrons. The monoisotopic (exact) mass is 280 g/mol. The van der Waals surface area contributed by atoms with Gasteiger partial charge in [-0.2, -0.15) is 8.42 Å². The van der Waals surface area contributed by atoms with Gasteiger partial charge in [0, 0.05) is 4.47 Å². The van der Waals surface area contributed by atoms with Gasteiger partial charge >= 0.3 is 10.2 Å². The number of hydrogen-bond donors (Lipinski definition) is 0. The van der Waals surface area contributed by atoms with Gasteiger partial charge in [0.05, 0.1) is 5.75 Å². The van der Waals surface area contributed by atoms with Gasteiger partial charge in [0.15, 0.2) is 0 Å². The van der Waals surface area contributed by atoms with E-state index in [0.717, 1.165) is 10.0 Å². The highest BCUT2D eigenvalue weighted by molar-refractivity contribution is 9.10. The van der Waals surface area contributed by atoms with Crippen molar-refractivity contribution >= 4 is 26.2 Å². The molecule has 0 aliphatic rings. The molecule has 5 heteroatoms. The van der Waals surface area contributed by atoms with Crippen LogP contribution in [0.1, 0.15) is 12.0 Å². The van der Waals surface area contributed by atoms with E-state index in [4.69, 9.17) is 0 Å². The van der Waals surface area contributed by atoms with E-state index < -0.39 is 16.0 Å². The first-order valence-corrected chi connectivity index (χ1v) is 6.49. The Morgan fingerprint density at radius 3 is 2.29 bits per heavy atom. The van der Waals surface area contributed by atoms with Crippen molar-refractivity contribution in [3.8, 4) is 0 Å². The molecule has 0 saturated heterocycles. The van der Waals surface area contributed by atoms with Crippen molar-refractivity contribution in [2.45, 2.75) is 12.8 Å². The van der Waals surface area contributed by atoms with Crippen molar-refractivity contribution in [1.82, 2.24) is 0 Å². The average molecular weight is 281 g/mol. The lowest BCUT2D eigenvalue weighted by Gasteiger charge is -1.99. The van der Waals surface area contributed by atoms with Gasteiger partial charge < -0.3 is 0 Å². The van der Waals surface area contributed by atoms with E-state index in [9.17, 15) is 12.3 Å². The summed E-state index contributed by atoms with van der Waals surface area (Å²) in [5.41, 5.74) is 1.01. The molecule has 0 aliphatic heterocycles. The molecular formula is C9H10BrFO2S. The molecular weight excluding hydrogens is 271 g/mol. The van der Waals surface area contributed by atoms with Crippen LogP contribution in [0.15, 0.2) is 28.7 Å². The van der Waals surface area contributed by atoms with Gasteiger partial charge in [0.2, 0.25) is 0 Å². The zero-order chi connectivity index (χ0) is 10.6. The summed E-state index contributed by atoms with van der Waals surface area (Å²) in [6.07, 6.45) is 0.900. The predicted octanol–water partition coefficient (Wildman–Crippen LogP) is 2.68. The lowest BCUT2D eigenvalue weighted by Crippen LogP contribution is -1.99. The Balaban J connectivity index is 2.43. The quantitative estimate of drug-likeness (QED) is 0.795. The zero-order valence-electron chi connectivity index (χ0n) is 7.41. The number of benzene rings is 1. The summed E-state index contributed by atoms with van der Waals surface area (Å²) in [7, 11) is -4.31. The van der Waals surface area contributed by atoms with E-state index in [2.05, 4.69) is 15.9 Å². The molecule has 0 atom stereocenters. The molecule has 0 N–H and O–H groups in total. The van der Waals surface area contributed by atoms with Gasteiger partial charge in [0.25, 0.3) is 0 Å². The van der Waals surface area contributed by atoms with Crippen molar-refractivity contribution in [1.29, 1.82) is 0 Å². The second-order valence-corrected chi connectivity index (χ2v) is 5.37. The number of halogens is 2. The molecule has 0 bridgehead atoms. The largest absolute Gasteiger partial charge is 0.302 e. The number of hydrogen-bond acceptors (Lipinski definition) is 2. The molecule has 1 rings (SSSR count). The minimum atomic E-state index is -4.31. The van der Waals surface area contributed by atoms with Gasteiger partial charge in [-0.15, -0.1) is 3.89 Å². The van der Waals surface area contributed by atoms with Crippen LogP contribution < -0.4 is 0 Å². The van der Waals surface area contributed by atoms with Crippen LogP contribution in [0.25, 0.3) is 0 Å². The minimum Gasteiger partial charge on any atom is -0.195 e. The molecule has 2 nitrogen and oxygen atoms in total. The van der Waals surface area contributed by atoms with Crippen molar-refractivity contribution < 1.29 is 12.3 Å². The Morgan fingerprint density at radius 1 is 1.21 bits per heavy atom. The normalized spacial score (nSPS) is 11.6. The van der Waals surface area contributed by atoms with Gasteiger partial charge in [-0.3, -0.25) is 0 Å². The second kappa shape index (κ2) is 4.89. The van der Waals surface area contributed by atoms with E-state index in [0.29, 0.717) is 12.8 Å². The molecule has 14 heavy (non-hydrogen) atoms. The first-order chi connectivity index (χ1) is 6.47. The van der Waals surface area contributed by atoms with Crippen LogP contribution in [-0.4, -0.2) is 14.2 Å². The SMILES string of the molecule is O=S(=O)(F)CCCc1ccc(Br)cc1.